The average Bonchev–Trinajstić information content (AvgIpc) is 3.19. The van der Waals surface area contributed by atoms with E-state index in [1.165, 1.54) is 0 Å². The van der Waals surface area contributed by atoms with Gasteiger partial charge in [-0.15, -0.1) is 0 Å². The molecule has 3 heterocycles. The molecule has 3 atom stereocenters. The number of thiocarbonyl (C=S) groups is 1. The molecule has 0 unspecified atom stereocenters. The lowest BCUT2D eigenvalue weighted by Gasteiger charge is -2.37. The molecule has 0 spiro atoms. The van der Waals surface area contributed by atoms with E-state index in [0.29, 0.717) is 50.8 Å². The summed E-state index contributed by atoms with van der Waals surface area (Å²) in [4.78, 5) is 29.0. The Balaban J connectivity index is 1.29. The summed E-state index contributed by atoms with van der Waals surface area (Å²) < 4.78 is 5.32. The Kier molecular flexibility index (Phi) is 6.81. The van der Waals surface area contributed by atoms with Gasteiger partial charge in [-0.25, -0.2) is 0 Å². The number of morpholine rings is 1. The topological polar surface area (TPSA) is 85.9 Å². The lowest BCUT2D eigenvalue weighted by molar-refractivity contribution is -0.135. The Hall–Kier alpha value is -2.23. The van der Waals surface area contributed by atoms with Gasteiger partial charge in [0.05, 0.1) is 19.3 Å². The van der Waals surface area contributed by atoms with Crippen LogP contribution in [0.1, 0.15) is 19.3 Å². The molecule has 30 heavy (non-hydrogen) atoms. The van der Waals surface area contributed by atoms with Crippen molar-refractivity contribution in [1.82, 2.24) is 20.4 Å². The molecule has 8 nitrogen and oxygen atoms in total. The van der Waals surface area contributed by atoms with Crippen LogP contribution in [0.25, 0.3) is 0 Å². The Bertz CT molecular complexity index is 771. The monoisotopic (exact) mass is 431 g/mol. The van der Waals surface area contributed by atoms with Crippen LogP contribution in [0.4, 0.5) is 5.69 Å². The predicted molar refractivity (Wildman–Crippen MR) is 118 cm³/mol. The second-order valence-corrected chi connectivity index (χ2v) is 8.45. The summed E-state index contributed by atoms with van der Waals surface area (Å²) in [5, 5.41) is 10.1. The second kappa shape index (κ2) is 9.72. The first kappa shape index (κ1) is 21.0. The highest BCUT2D eigenvalue weighted by molar-refractivity contribution is 7.80. The Morgan fingerprint density at radius 1 is 1.23 bits per heavy atom. The van der Waals surface area contributed by atoms with Crippen molar-refractivity contribution in [1.29, 1.82) is 0 Å². The van der Waals surface area contributed by atoms with Crippen LogP contribution in [0.5, 0.6) is 0 Å². The van der Waals surface area contributed by atoms with Gasteiger partial charge in [0.15, 0.2) is 5.11 Å². The van der Waals surface area contributed by atoms with Gasteiger partial charge >= 0.3 is 0 Å². The van der Waals surface area contributed by atoms with Crippen molar-refractivity contribution in [3.05, 3.63) is 30.3 Å². The molecule has 1 aromatic rings. The lowest BCUT2D eigenvalue weighted by Crippen LogP contribution is -2.58. The van der Waals surface area contributed by atoms with Crippen molar-refractivity contribution in [3.63, 3.8) is 0 Å². The van der Waals surface area contributed by atoms with Gasteiger partial charge in [-0.3, -0.25) is 14.5 Å². The van der Waals surface area contributed by atoms with Crippen LogP contribution in [-0.4, -0.2) is 84.2 Å². The van der Waals surface area contributed by atoms with E-state index >= 15 is 0 Å². The van der Waals surface area contributed by atoms with Crippen LogP contribution in [0.15, 0.2) is 30.3 Å². The van der Waals surface area contributed by atoms with Crippen LogP contribution in [0.2, 0.25) is 0 Å². The summed E-state index contributed by atoms with van der Waals surface area (Å²) in [5.74, 6) is 0.242. The van der Waals surface area contributed by atoms with E-state index in [0.717, 1.165) is 18.7 Å². The molecule has 3 fully saturated rings. The standard InChI is InChI=1S/C21H29N5O3S/c27-19(25-8-10-29-11-9-25)7-6-17-13-22-20(28)18-12-16(14-26(17)18)24-21(30)23-15-4-2-1-3-5-15/h1-5,16-18H,6-14H2,(H,22,28)(H2,23,24,30)/t16-,17-,18+/m1/s1. The number of rotatable bonds is 5. The van der Waals surface area contributed by atoms with Crippen LogP contribution >= 0.6 is 12.2 Å². The maximum atomic E-state index is 12.5. The quantitative estimate of drug-likeness (QED) is 0.587. The number of carbonyl (C=O) groups excluding carboxylic acids is 2. The highest BCUT2D eigenvalue weighted by Gasteiger charge is 2.43. The molecule has 0 saturated carbocycles. The van der Waals surface area contributed by atoms with E-state index in [1.54, 1.807) is 0 Å². The van der Waals surface area contributed by atoms with Crippen molar-refractivity contribution in [2.75, 3.05) is 44.7 Å². The van der Waals surface area contributed by atoms with Crippen molar-refractivity contribution >= 4 is 34.8 Å². The summed E-state index contributed by atoms with van der Waals surface area (Å²) in [6.45, 7) is 3.90. The number of piperazine rings is 1. The van der Waals surface area contributed by atoms with Gasteiger partial charge in [0.1, 0.15) is 0 Å². The molecule has 0 radical (unpaired) electrons. The van der Waals surface area contributed by atoms with E-state index in [9.17, 15) is 9.59 Å². The molecule has 1 aromatic carbocycles. The van der Waals surface area contributed by atoms with Gasteiger partial charge in [0.2, 0.25) is 11.8 Å². The zero-order valence-corrected chi connectivity index (χ0v) is 17.8. The maximum absolute atomic E-state index is 12.5. The SMILES string of the molecule is O=C1NC[C@@H](CCC(=O)N2CCOCC2)N2C[C@H](NC(=S)Nc3ccccc3)C[C@@H]12. The van der Waals surface area contributed by atoms with Crippen LogP contribution in [0.3, 0.4) is 0 Å². The Morgan fingerprint density at radius 3 is 2.77 bits per heavy atom. The van der Waals surface area contributed by atoms with Crippen molar-refractivity contribution in [2.45, 2.75) is 37.4 Å². The minimum atomic E-state index is -0.167. The number of nitrogens with one attached hydrogen (secondary N) is 3. The molecule has 3 aliphatic heterocycles. The largest absolute Gasteiger partial charge is 0.378 e. The summed E-state index contributed by atoms with van der Waals surface area (Å²) in [5.41, 5.74) is 0.933. The molecule has 3 aliphatic rings. The van der Waals surface area contributed by atoms with Crippen LogP contribution < -0.4 is 16.0 Å². The third-order valence-electron chi connectivity index (χ3n) is 6.04. The number of nitrogens with zero attached hydrogens (tertiary/aromatic N) is 2. The number of hydrogen-bond donors (Lipinski definition) is 3. The third kappa shape index (κ3) is 5.08. The number of para-hydroxylation sites is 1. The van der Waals surface area contributed by atoms with E-state index in [-0.39, 0.29) is 29.9 Å². The fourth-order valence-corrected chi connectivity index (χ4v) is 4.77. The van der Waals surface area contributed by atoms with E-state index < -0.39 is 0 Å². The van der Waals surface area contributed by atoms with Gasteiger partial charge in [-0.2, -0.15) is 0 Å². The van der Waals surface area contributed by atoms with Crippen LogP contribution in [0, 0.1) is 0 Å². The molecule has 0 bridgehead atoms. The van der Waals surface area contributed by atoms with Gasteiger partial charge in [-0.05, 0) is 37.2 Å². The first-order valence-corrected chi connectivity index (χ1v) is 11.0. The number of amides is 2. The molecule has 0 aliphatic carbocycles. The van der Waals surface area contributed by atoms with Gasteiger partial charge in [-0.1, -0.05) is 18.2 Å². The van der Waals surface area contributed by atoms with Crippen molar-refractivity contribution in [3.8, 4) is 0 Å². The van der Waals surface area contributed by atoms with Crippen molar-refractivity contribution in [2.24, 2.45) is 0 Å². The van der Waals surface area contributed by atoms with Gasteiger partial charge < -0.3 is 25.6 Å². The number of fused-ring (bicyclic) bond motifs is 1. The molecule has 3 saturated heterocycles. The second-order valence-electron chi connectivity index (χ2n) is 8.04. The fraction of sp³-hybridized carbons (Fsp3) is 0.571. The van der Waals surface area contributed by atoms with E-state index in [1.807, 2.05) is 35.2 Å². The molecule has 0 aromatic heterocycles. The molecule has 3 N–H and O–H groups in total. The van der Waals surface area contributed by atoms with Crippen LogP contribution in [-0.2, 0) is 14.3 Å². The zero-order chi connectivity index (χ0) is 20.9. The Labute approximate surface area is 182 Å². The summed E-state index contributed by atoms with van der Waals surface area (Å²) in [6, 6.07) is 9.88. The molecule has 2 amide bonds. The average molecular weight is 432 g/mol. The normalized spacial score (nSPS) is 26.6. The van der Waals surface area contributed by atoms with E-state index in [4.69, 9.17) is 17.0 Å². The third-order valence-corrected chi connectivity index (χ3v) is 6.26. The predicted octanol–water partition coefficient (Wildman–Crippen LogP) is 0.553. The molecular formula is C21H29N5O3S. The number of ether oxygens (including phenoxy) is 1. The molecule has 162 valence electrons. The first-order chi connectivity index (χ1) is 14.6. The van der Waals surface area contributed by atoms with Gasteiger partial charge in [0.25, 0.3) is 0 Å². The minimum absolute atomic E-state index is 0.0667. The molecular weight excluding hydrogens is 402 g/mol. The minimum Gasteiger partial charge on any atom is -0.378 e. The summed E-state index contributed by atoms with van der Waals surface area (Å²) in [7, 11) is 0. The highest BCUT2D eigenvalue weighted by atomic mass is 32.1. The fourth-order valence-electron chi connectivity index (χ4n) is 4.48. The smallest absolute Gasteiger partial charge is 0.237 e. The van der Waals surface area contributed by atoms with E-state index in [2.05, 4.69) is 20.9 Å². The number of carbonyl (C=O) groups is 2. The zero-order valence-electron chi connectivity index (χ0n) is 17.0. The summed E-state index contributed by atoms with van der Waals surface area (Å²) >= 11 is 5.45. The highest BCUT2D eigenvalue weighted by Crippen LogP contribution is 2.26. The van der Waals surface area contributed by atoms with Crippen molar-refractivity contribution < 1.29 is 14.3 Å². The number of hydrogen-bond acceptors (Lipinski definition) is 5. The number of benzene rings is 1. The lowest BCUT2D eigenvalue weighted by atomic mass is 10.0. The molecule has 9 heteroatoms. The van der Waals surface area contributed by atoms with Gasteiger partial charge in [0, 0.05) is 50.4 Å². The maximum Gasteiger partial charge on any atom is 0.237 e. The first-order valence-electron chi connectivity index (χ1n) is 10.6. The number of anilines is 1. The Morgan fingerprint density at radius 2 is 2.00 bits per heavy atom. The molecule has 4 rings (SSSR count). The summed E-state index contributed by atoms with van der Waals surface area (Å²) in [6.07, 6.45) is 1.94.